The lowest BCUT2D eigenvalue weighted by Gasteiger charge is -2.06. The number of imidazole rings is 1. The molecule has 0 aliphatic heterocycles. The molecule has 2 aromatic rings. The number of benzene rings is 1. The van der Waals surface area contributed by atoms with Gasteiger partial charge in [-0.2, -0.15) is 8.42 Å². The topological polar surface area (TPSA) is 64.0 Å². The summed E-state index contributed by atoms with van der Waals surface area (Å²) in [6, 6.07) is 4.78. The predicted molar refractivity (Wildman–Crippen MR) is 77.9 cm³/mol. The van der Waals surface area contributed by atoms with Crippen LogP contribution in [0.25, 0.3) is 0 Å². The average Bonchev–Trinajstić information content (AvgIpc) is 2.83. The number of nitrogens with one attached hydrogen (secondary N) is 1. The van der Waals surface area contributed by atoms with E-state index >= 15 is 0 Å². The highest BCUT2D eigenvalue weighted by molar-refractivity contribution is 9.10. The minimum absolute atomic E-state index is 0.0135. The molecule has 1 aromatic heterocycles. The molecule has 1 N–H and O–H groups in total. The van der Waals surface area contributed by atoms with Gasteiger partial charge in [-0.25, -0.2) is 4.98 Å². The molecule has 0 saturated heterocycles. The summed E-state index contributed by atoms with van der Waals surface area (Å²) in [7, 11) is -3.68. The second kappa shape index (κ2) is 5.52. The van der Waals surface area contributed by atoms with E-state index in [4.69, 9.17) is 11.6 Å². The van der Waals surface area contributed by atoms with E-state index in [1.54, 1.807) is 22.8 Å². The van der Waals surface area contributed by atoms with Crippen LogP contribution in [0.2, 0.25) is 5.02 Å². The Hall–Kier alpha value is -1.05. The van der Waals surface area contributed by atoms with Crippen molar-refractivity contribution in [2.24, 2.45) is 0 Å². The molecule has 0 radical (unpaired) electrons. The SMILES string of the molecule is CCn1cnc(S(=O)(=O)Nc2ccc(Cl)c(Br)c2)c1. The second-order valence-electron chi connectivity index (χ2n) is 3.78. The van der Waals surface area contributed by atoms with Crippen LogP contribution in [0.15, 0.2) is 40.2 Å². The van der Waals surface area contributed by atoms with Gasteiger partial charge in [0.05, 0.1) is 17.0 Å². The third-order valence-electron chi connectivity index (χ3n) is 2.42. The van der Waals surface area contributed by atoms with Gasteiger partial charge in [0, 0.05) is 17.2 Å². The van der Waals surface area contributed by atoms with E-state index in [1.807, 2.05) is 6.92 Å². The maximum atomic E-state index is 12.1. The number of sulfonamides is 1. The Balaban J connectivity index is 2.28. The molecule has 0 spiro atoms. The number of nitrogens with zero attached hydrogens (tertiary/aromatic N) is 2. The molecule has 8 heteroatoms. The summed E-state index contributed by atoms with van der Waals surface area (Å²) in [5, 5.41) is 0.499. The fourth-order valence-corrected chi connectivity index (χ4v) is 2.92. The fourth-order valence-electron chi connectivity index (χ4n) is 1.42. The van der Waals surface area contributed by atoms with Crippen LogP contribution in [0.5, 0.6) is 0 Å². The lowest BCUT2D eigenvalue weighted by atomic mass is 10.3. The van der Waals surface area contributed by atoms with Gasteiger partial charge < -0.3 is 4.57 Å². The summed E-state index contributed by atoms with van der Waals surface area (Å²) in [6.45, 7) is 2.57. The van der Waals surface area contributed by atoms with Crippen molar-refractivity contribution in [1.29, 1.82) is 0 Å². The molecule has 2 rings (SSSR count). The van der Waals surface area contributed by atoms with Crippen LogP contribution < -0.4 is 4.72 Å². The van der Waals surface area contributed by atoms with Crippen LogP contribution in [0.4, 0.5) is 5.69 Å². The van der Waals surface area contributed by atoms with Gasteiger partial charge in [0.2, 0.25) is 0 Å². The fraction of sp³-hybridized carbons (Fsp3) is 0.182. The normalized spacial score (nSPS) is 11.5. The van der Waals surface area contributed by atoms with Crippen LogP contribution in [0.3, 0.4) is 0 Å². The predicted octanol–water partition coefficient (Wildman–Crippen LogP) is 3.12. The molecule has 5 nitrogen and oxygen atoms in total. The number of anilines is 1. The van der Waals surface area contributed by atoms with E-state index in [-0.39, 0.29) is 5.03 Å². The number of hydrogen-bond donors (Lipinski definition) is 1. The van der Waals surface area contributed by atoms with Crippen molar-refractivity contribution in [3.63, 3.8) is 0 Å². The van der Waals surface area contributed by atoms with Crippen LogP contribution >= 0.6 is 27.5 Å². The Morgan fingerprint density at radius 1 is 1.47 bits per heavy atom. The van der Waals surface area contributed by atoms with Crippen molar-refractivity contribution < 1.29 is 8.42 Å². The molecule has 0 atom stereocenters. The van der Waals surface area contributed by atoms with E-state index in [9.17, 15) is 8.42 Å². The Labute approximate surface area is 124 Å². The van der Waals surface area contributed by atoms with Crippen molar-refractivity contribution in [3.8, 4) is 0 Å². The number of rotatable bonds is 4. The molecule has 19 heavy (non-hydrogen) atoms. The van der Waals surface area contributed by atoms with E-state index in [0.717, 1.165) is 0 Å². The van der Waals surface area contributed by atoms with Gasteiger partial charge in [-0.15, -0.1) is 0 Å². The third-order valence-corrected chi connectivity index (χ3v) is 4.90. The third kappa shape index (κ3) is 3.29. The van der Waals surface area contributed by atoms with E-state index < -0.39 is 10.0 Å². The van der Waals surface area contributed by atoms with Gasteiger partial charge in [0.1, 0.15) is 0 Å². The maximum absolute atomic E-state index is 12.1. The number of aromatic nitrogens is 2. The minimum Gasteiger partial charge on any atom is -0.336 e. The van der Waals surface area contributed by atoms with E-state index in [2.05, 4.69) is 25.6 Å². The molecule has 1 heterocycles. The smallest absolute Gasteiger partial charge is 0.280 e. The Bertz CT molecular complexity index is 700. The zero-order valence-electron chi connectivity index (χ0n) is 9.97. The second-order valence-corrected chi connectivity index (χ2v) is 6.67. The van der Waals surface area contributed by atoms with Gasteiger partial charge in [-0.1, -0.05) is 11.6 Å². The summed E-state index contributed by atoms with van der Waals surface area (Å²) >= 11 is 9.09. The molecule has 0 saturated carbocycles. The lowest BCUT2D eigenvalue weighted by molar-refractivity contribution is 0.598. The highest BCUT2D eigenvalue weighted by atomic mass is 79.9. The highest BCUT2D eigenvalue weighted by Crippen LogP contribution is 2.26. The van der Waals surface area contributed by atoms with Crippen LogP contribution in [-0.2, 0) is 16.6 Å². The molecule has 0 amide bonds. The zero-order valence-corrected chi connectivity index (χ0v) is 13.1. The Morgan fingerprint density at radius 3 is 2.79 bits per heavy atom. The molecular weight excluding hydrogens is 354 g/mol. The number of halogens is 2. The molecular formula is C11H11BrClN3O2S. The van der Waals surface area contributed by atoms with Crippen LogP contribution in [0.1, 0.15) is 6.92 Å². The molecule has 0 aliphatic rings. The summed E-state index contributed by atoms with van der Waals surface area (Å²) in [5.41, 5.74) is 0.419. The standard InChI is InChI=1S/C11H11BrClN3O2S/c1-2-16-6-11(14-7-16)19(17,18)15-8-3-4-10(13)9(12)5-8/h3-7,15H,2H2,1H3. The first-order valence-electron chi connectivity index (χ1n) is 5.42. The largest absolute Gasteiger partial charge is 0.336 e. The average molecular weight is 365 g/mol. The van der Waals surface area contributed by atoms with Gasteiger partial charge >= 0.3 is 0 Å². The minimum atomic E-state index is -3.68. The van der Waals surface area contributed by atoms with Crippen molar-refractivity contribution in [3.05, 3.63) is 40.2 Å². The summed E-state index contributed by atoms with van der Waals surface area (Å²) in [4.78, 5) is 3.87. The number of aryl methyl sites for hydroxylation is 1. The van der Waals surface area contributed by atoms with Crippen molar-refractivity contribution in [2.75, 3.05) is 4.72 Å². The van der Waals surface area contributed by atoms with Gasteiger partial charge in [-0.3, -0.25) is 4.72 Å². The van der Waals surface area contributed by atoms with Crippen molar-refractivity contribution in [2.45, 2.75) is 18.5 Å². The van der Waals surface area contributed by atoms with Gasteiger partial charge in [-0.05, 0) is 41.1 Å². The Morgan fingerprint density at radius 2 is 2.21 bits per heavy atom. The van der Waals surface area contributed by atoms with E-state index in [1.165, 1.54) is 12.5 Å². The molecule has 0 fully saturated rings. The van der Waals surface area contributed by atoms with E-state index in [0.29, 0.717) is 21.7 Å². The molecule has 102 valence electrons. The van der Waals surface area contributed by atoms with Crippen LogP contribution in [-0.4, -0.2) is 18.0 Å². The molecule has 0 unspecified atom stereocenters. The lowest BCUT2D eigenvalue weighted by Crippen LogP contribution is -2.13. The Kier molecular flexibility index (Phi) is 4.17. The molecule has 1 aromatic carbocycles. The summed E-state index contributed by atoms with van der Waals surface area (Å²) < 4.78 is 28.9. The van der Waals surface area contributed by atoms with Crippen LogP contribution in [0, 0.1) is 0 Å². The highest BCUT2D eigenvalue weighted by Gasteiger charge is 2.17. The van der Waals surface area contributed by atoms with Gasteiger partial charge in [0.15, 0.2) is 5.03 Å². The van der Waals surface area contributed by atoms with Crippen molar-refractivity contribution in [1.82, 2.24) is 9.55 Å². The zero-order chi connectivity index (χ0) is 14.0. The maximum Gasteiger partial charge on any atom is 0.280 e. The summed E-state index contributed by atoms with van der Waals surface area (Å²) in [5.74, 6) is 0. The summed E-state index contributed by atoms with van der Waals surface area (Å²) in [6.07, 6.45) is 2.96. The first kappa shape index (κ1) is 14.4. The van der Waals surface area contributed by atoms with Crippen molar-refractivity contribution >= 4 is 43.2 Å². The first-order chi connectivity index (χ1) is 8.92. The molecule has 0 bridgehead atoms. The first-order valence-corrected chi connectivity index (χ1v) is 8.07. The number of hydrogen-bond acceptors (Lipinski definition) is 3. The van der Waals surface area contributed by atoms with Gasteiger partial charge in [0.25, 0.3) is 10.0 Å². The quantitative estimate of drug-likeness (QED) is 0.906. The monoisotopic (exact) mass is 363 g/mol. The molecule has 0 aliphatic carbocycles.